The van der Waals surface area contributed by atoms with Gasteiger partial charge < -0.3 is 10.6 Å². The van der Waals surface area contributed by atoms with Gasteiger partial charge in [0.2, 0.25) is 0 Å². The van der Waals surface area contributed by atoms with Crippen LogP contribution in [0.1, 0.15) is 46.0 Å². The topological polar surface area (TPSA) is 58.2 Å². The monoisotopic (exact) mass is 366 g/mol. The highest BCUT2D eigenvalue weighted by Gasteiger charge is 2.11. The number of hydrogen-bond donors (Lipinski definition) is 2. The third kappa shape index (κ3) is 4.29. The highest BCUT2D eigenvalue weighted by atomic mass is 32.1. The molecule has 1 heterocycles. The van der Waals surface area contributed by atoms with Gasteiger partial charge in [0.1, 0.15) is 0 Å². The zero-order valence-electron chi connectivity index (χ0n) is 14.7. The van der Waals surface area contributed by atoms with Gasteiger partial charge in [-0.15, -0.1) is 11.3 Å². The minimum Gasteiger partial charge on any atom is -0.352 e. The van der Waals surface area contributed by atoms with Crippen LogP contribution in [0.2, 0.25) is 0 Å². The van der Waals surface area contributed by atoms with Crippen LogP contribution in [0.15, 0.2) is 53.9 Å². The van der Waals surface area contributed by atoms with E-state index in [1.807, 2.05) is 41.8 Å². The van der Waals surface area contributed by atoms with Crippen molar-refractivity contribution in [2.75, 3.05) is 6.54 Å². The molecule has 0 atom stereocenters. The van der Waals surface area contributed by atoms with Crippen molar-refractivity contribution in [3.8, 4) is 0 Å². The lowest BCUT2D eigenvalue weighted by molar-refractivity contribution is 0.0943. The van der Waals surface area contributed by atoms with E-state index in [2.05, 4.69) is 17.6 Å². The summed E-state index contributed by atoms with van der Waals surface area (Å²) in [6.45, 7) is 3.22. The fourth-order valence-corrected chi connectivity index (χ4v) is 3.63. The molecule has 5 heteroatoms. The van der Waals surface area contributed by atoms with Crippen molar-refractivity contribution in [2.24, 2.45) is 0 Å². The fourth-order valence-electron chi connectivity index (χ4n) is 2.69. The van der Waals surface area contributed by atoms with Crippen LogP contribution in [-0.2, 0) is 6.54 Å². The number of nitrogens with one attached hydrogen (secondary N) is 2. The summed E-state index contributed by atoms with van der Waals surface area (Å²) in [5.74, 6) is -0.136. The molecule has 0 fully saturated rings. The Morgan fingerprint density at radius 1 is 0.962 bits per heavy atom. The lowest BCUT2D eigenvalue weighted by atomic mass is 10.1. The Balaban J connectivity index is 1.58. The Morgan fingerprint density at radius 3 is 2.50 bits per heavy atom. The molecule has 0 bridgehead atoms. The maximum atomic E-state index is 12.4. The van der Waals surface area contributed by atoms with Gasteiger partial charge in [-0.05, 0) is 30.2 Å². The fraction of sp³-hybridized carbons (Fsp3) is 0.238. The summed E-state index contributed by atoms with van der Waals surface area (Å²) in [5.41, 5.74) is 2.31. The highest BCUT2D eigenvalue weighted by molar-refractivity contribution is 7.17. The molecule has 2 amide bonds. The summed E-state index contributed by atoms with van der Waals surface area (Å²) >= 11 is 1.57. The van der Waals surface area contributed by atoms with Gasteiger partial charge in [-0.3, -0.25) is 9.59 Å². The third-order valence-electron chi connectivity index (χ3n) is 4.21. The van der Waals surface area contributed by atoms with Crippen molar-refractivity contribution in [1.82, 2.24) is 10.6 Å². The maximum absolute atomic E-state index is 12.4. The molecule has 3 rings (SSSR count). The van der Waals surface area contributed by atoms with Crippen LogP contribution in [-0.4, -0.2) is 18.4 Å². The van der Waals surface area contributed by atoms with E-state index in [-0.39, 0.29) is 11.8 Å². The van der Waals surface area contributed by atoms with Gasteiger partial charge in [-0.1, -0.05) is 43.7 Å². The molecule has 0 aliphatic carbocycles. The average Bonchev–Trinajstić information content (AvgIpc) is 3.11. The first-order valence-electron chi connectivity index (χ1n) is 8.80. The molecule has 4 nitrogen and oxygen atoms in total. The molecule has 0 saturated carbocycles. The van der Waals surface area contributed by atoms with Gasteiger partial charge >= 0.3 is 0 Å². The SMILES string of the molecule is CCCCNC(=O)c1ccc(CNC(=O)c2csc3ccccc23)cc1. The summed E-state index contributed by atoms with van der Waals surface area (Å²) in [6.07, 6.45) is 2.03. The normalized spacial score (nSPS) is 10.7. The molecule has 0 radical (unpaired) electrons. The van der Waals surface area contributed by atoms with E-state index in [0.717, 1.165) is 28.5 Å². The van der Waals surface area contributed by atoms with Crippen LogP contribution in [0.25, 0.3) is 10.1 Å². The van der Waals surface area contributed by atoms with Crippen molar-refractivity contribution in [3.63, 3.8) is 0 Å². The molecule has 0 spiro atoms. The van der Waals surface area contributed by atoms with Crippen molar-refractivity contribution < 1.29 is 9.59 Å². The van der Waals surface area contributed by atoms with Crippen molar-refractivity contribution >= 4 is 33.2 Å². The Morgan fingerprint density at radius 2 is 1.73 bits per heavy atom. The predicted molar refractivity (Wildman–Crippen MR) is 107 cm³/mol. The molecule has 134 valence electrons. The van der Waals surface area contributed by atoms with Crippen LogP contribution in [0.3, 0.4) is 0 Å². The summed E-state index contributed by atoms with van der Waals surface area (Å²) < 4.78 is 1.11. The summed E-state index contributed by atoms with van der Waals surface area (Å²) in [4.78, 5) is 24.4. The number of unbranched alkanes of at least 4 members (excludes halogenated alkanes) is 1. The molecule has 3 aromatic rings. The lowest BCUT2D eigenvalue weighted by Gasteiger charge is -2.07. The zero-order chi connectivity index (χ0) is 18.4. The van der Waals surface area contributed by atoms with E-state index in [4.69, 9.17) is 0 Å². The van der Waals surface area contributed by atoms with E-state index in [9.17, 15) is 9.59 Å². The molecule has 0 aliphatic heterocycles. The van der Waals surface area contributed by atoms with Crippen LogP contribution >= 0.6 is 11.3 Å². The van der Waals surface area contributed by atoms with E-state index in [1.54, 1.807) is 23.5 Å². The molecular weight excluding hydrogens is 344 g/mol. The summed E-state index contributed by atoms with van der Waals surface area (Å²) in [5, 5.41) is 8.72. The van der Waals surface area contributed by atoms with Crippen molar-refractivity contribution in [3.05, 3.63) is 70.6 Å². The number of benzene rings is 2. The Kier molecular flexibility index (Phi) is 6.02. The quantitative estimate of drug-likeness (QED) is 0.610. The molecule has 0 saturated heterocycles. The van der Waals surface area contributed by atoms with Gasteiger partial charge in [-0.2, -0.15) is 0 Å². The van der Waals surface area contributed by atoms with Crippen LogP contribution in [0.4, 0.5) is 0 Å². The van der Waals surface area contributed by atoms with E-state index < -0.39 is 0 Å². The van der Waals surface area contributed by atoms with Crippen LogP contribution in [0.5, 0.6) is 0 Å². The maximum Gasteiger partial charge on any atom is 0.253 e. The molecule has 2 N–H and O–H groups in total. The van der Waals surface area contributed by atoms with Crippen LogP contribution in [0, 0.1) is 0 Å². The number of thiophene rings is 1. The van der Waals surface area contributed by atoms with E-state index in [1.165, 1.54) is 0 Å². The molecular formula is C21H22N2O2S. The molecule has 26 heavy (non-hydrogen) atoms. The van der Waals surface area contributed by atoms with Gasteiger partial charge in [0, 0.05) is 34.1 Å². The van der Waals surface area contributed by atoms with Gasteiger partial charge in [-0.25, -0.2) is 0 Å². The number of fused-ring (bicyclic) bond motifs is 1. The number of rotatable bonds is 7. The number of amides is 2. The first kappa shape index (κ1) is 18.1. The zero-order valence-corrected chi connectivity index (χ0v) is 15.6. The predicted octanol–water partition coefficient (Wildman–Crippen LogP) is 4.36. The first-order valence-corrected chi connectivity index (χ1v) is 9.68. The van der Waals surface area contributed by atoms with Gasteiger partial charge in [0.25, 0.3) is 11.8 Å². The Labute approximate surface area is 157 Å². The average molecular weight is 366 g/mol. The largest absolute Gasteiger partial charge is 0.352 e. The number of carbonyl (C=O) groups excluding carboxylic acids is 2. The van der Waals surface area contributed by atoms with Crippen LogP contribution < -0.4 is 10.6 Å². The minimum atomic E-state index is -0.0798. The molecule has 2 aromatic carbocycles. The first-order chi connectivity index (χ1) is 12.7. The van der Waals surface area contributed by atoms with Gasteiger partial charge in [0.15, 0.2) is 0 Å². The van der Waals surface area contributed by atoms with Crippen molar-refractivity contribution in [1.29, 1.82) is 0 Å². The lowest BCUT2D eigenvalue weighted by Crippen LogP contribution is -2.24. The van der Waals surface area contributed by atoms with E-state index >= 15 is 0 Å². The molecule has 1 aromatic heterocycles. The second-order valence-electron chi connectivity index (χ2n) is 6.13. The Hall–Kier alpha value is -2.66. The number of hydrogen-bond acceptors (Lipinski definition) is 3. The second-order valence-corrected chi connectivity index (χ2v) is 7.05. The molecule has 0 aliphatic rings. The summed E-state index contributed by atoms with van der Waals surface area (Å²) in [7, 11) is 0. The summed E-state index contributed by atoms with van der Waals surface area (Å²) in [6, 6.07) is 15.2. The van der Waals surface area contributed by atoms with Gasteiger partial charge in [0.05, 0.1) is 5.56 Å². The second kappa shape index (κ2) is 8.63. The highest BCUT2D eigenvalue weighted by Crippen LogP contribution is 2.25. The standard InChI is InChI=1S/C21H22N2O2S/c1-2-3-12-22-20(24)16-10-8-15(9-11-16)13-23-21(25)18-14-26-19-7-5-4-6-17(18)19/h4-11,14H,2-3,12-13H2,1H3,(H,22,24)(H,23,25). The number of carbonyl (C=O) groups is 2. The third-order valence-corrected chi connectivity index (χ3v) is 5.17. The van der Waals surface area contributed by atoms with Crippen molar-refractivity contribution in [2.45, 2.75) is 26.3 Å². The molecule has 0 unspecified atom stereocenters. The minimum absolute atomic E-state index is 0.0567. The van der Waals surface area contributed by atoms with E-state index in [0.29, 0.717) is 24.2 Å². The Bertz CT molecular complexity index is 900. The smallest absolute Gasteiger partial charge is 0.253 e.